The van der Waals surface area contributed by atoms with Gasteiger partial charge in [-0.25, -0.2) is 0 Å². The van der Waals surface area contributed by atoms with Crippen LogP contribution in [-0.2, 0) is 23.7 Å². The van der Waals surface area contributed by atoms with Crippen LogP contribution < -0.4 is 5.32 Å². The van der Waals surface area contributed by atoms with Crippen molar-refractivity contribution in [3.8, 4) is 0 Å². The van der Waals surface area contributed by atoms with E-state index in [1.165, 1.54) is 96.3 Å². The Balaban J connectivity index is 1.87. The van der Waals surface area contributed by atoms with Crippen LogP contribution in [0.15, 0.2) is 0 Å². The minimum Gasteiger partial charge on any atom is -0.394 e. The molecule has 0 aromatic rings. The van der Waals surface area contributed by atoms with E-state index in [1.807, 2.05) is 0 Å². The smallest absolute Gasteiger partial charge is 0.220 e. The van der Waals surface area contributed by atoms with Gasteiger partial charge in [0.25, 0.3) is 0 Å². The first kappa shape index (κ1) is 52.1. The summed E-state index contributed by atoms with van der Waals surface area (Å²) in [5, 5.41) is 86.4. The van der Waals surface area contributed by atoms with Crippen molar-refractivity contribution in [2.45, 2.75) is 248 Å². The Morgan fingerprint density at radius 1 is 0.561 bits per heavy atom. The van der Waals surface area contributed by atoms with E-state index in [0.717, 1.165) is 51.4 Å². The molecule has 14 nitrogen and oxygen atoms in total. The van der Waals surface area contributed by atoms with Gasteiger partial charge in [0, 0.05) is 6.42 Å². The Kier molecular flexibility index (Phi) is 29.1. The normalized spacial score (nSPS) is 29.0. The Morgan fingerprint density at radius 3 is 1.49 bits per heavy atom. The quantitative estimate of drug-likeness (QED) is 0.0414. The van der Waals surface area contributed by atoms with E-state index in [9.17, 15) is 45.6 Å². The van der Waals surface area contributed by atoms with Crippen LogP contribution in [0, 0.1) is 0 Å². The number of nitrogens with one attached hydrogen (secondary N) is 1. The van der Waals surface area contributed by atoms with E-state index < -0.39 is 86.8 Å². The van der Waals surface area contributed by atoms with Gasteiger partial charge in [-0.05, 0) is 12.8 Å². The number of ether oxygens (including phenoxy) is 4. The summed E-state index contributed by atoms with van der Waals surface area (Å²) in [5.41, 5.74) is 0. The van der Waals surface area contributed by atoms with Crippen molar-refractivity contribution in [2.75, 3.05) is 19.8 Å². The Labute approximate surface area is 343 Å². The second-order valence-electron chi connectivity index (χ2n) is 16.5. The van der Waals surface area contributed by atoms with E-state index in [-0.39, 0.29) is 12.5 Å². The predicted molar refractivity (Wildman–Crippen MR) is 217 cm³/mol. The second-order valence-corrected chi connectivity index (χ2v) is 16.5. The maximum atomic E-state index is 13.1. The summed E-state index contributed by atoms with van der Waals surface area (Å²) in [5.74, 6) is -0.208. The third kappa shape index (κ3) is 20.4. The van der Waals surface area contributed by atoms with Gasteiger partial charge in [0.05, 0.1) is 32.0 Å². The van der Waals surface area contributed by atoms with E-state index in [4.69, 9.17) is 18.9 Å². The van der Waals surface area contributed by atoms with Gasteiger partial charge in [0.15, 0.2) is 12.6 Å². The van der Waals surface area contributed by atoms with Crippen molar-refractivity contribution >= 4 is 5.91 Å². The fraction of sp³-hybridized carbons (Fsp3) is 0.977. The highest BCUT2D eigenvalue weighted by Crippen LogP contribution is 2.30. The van der Waals surface area contributed by atoms with Gasteiger partial charge in [-0.15, -0.1) is 0 Å². The number of aliphatic hydroxyl groups is 8. The van der Waals surface area contributed by atoms with Crippen molar-refractivity contribution in [3.63, 3.8) is 0 Å². The largest absolute Gasteiger partial charge is 0.394 e. The molecule has 338 valence electrons. The molecule has 14 heteroatoms. The van der Waals surface area contributed by atoms with Gasteiger partial charge >= 0.3 is 0 Å². The fourth-order valence-electron chi connectivity index (χ4n) is 7.76. The Bertz CT molecular complexity index is 977. The van der Waals surface area contributed by atoms with Crippen LogP contribution in [0.3, 0.4) is 0 Å². The molecule has 2 rings (SSSR count). The summed E-state index contributed by atoms with van der Waals surface area (Å²) >= 11 is 0. The zero-order valence-electron chi connectivity index (χ0n) is 35.3. The molecule has 0 aliphatic carbocycles. The number of unbranched alkanes of at least 4 members (excludes halogenated alkanes) is 21. The number of hydrogen-bond donors (Lipinski definition) is 9. The van der Waals surface area contributed by atoms with E-state index in [0.29, 0.717) is 12.8 Å². The molecule has 2 heterocycles. The monoisotopic (exact) mass is 822 g/mol. The van der Waals surface area contributed by atoms with Crippen LogP contribution in [0.25, 0.3) is 0 Å². The minimum absolute atomic E-state index is 0.208. The molecule has 2 fully saturated rings. The number of carbonyl (C=O) groups is 1. The van der Waals surface area contributed by atoms with Gasteiger partial charge in [0.1, 0.15) is 48.8 Å². The lowest BCUT2D eigenvalue weighted by Gasteiger charge is -2.46. The molecule has 2 aliphatic rings. The standard InChI is InChI=1S/C43H83NO13/c1-3-5-7-9-11-13-14-15-16-17-19-21-23-25-27-35(48)44-31(32(47)26-24-22-20-18-12-10-8-6-4-2)30-54-42-40(53)38(51)41(34(29-46)56-42)57-43-39(52)37(50)36(49)33(28-45)55-43/h31-34,36-43,45-47,49-53H,3-30H2,1-2H3,(H,44,48)/t31-,32+,33+,34+,36-,37?,38?,39?,40?,41+,42+,43-/m0/s1. The predicted octanol–water partition coefficient (Wildman–Crippen LogP) is 4.27. The summed E-state index contributed by atoms with van der Waals surface area (Å²) in [7, 11) is 0. The van der Waals surface area contributed by atoms with Crippen LogP contribution in [0.2, 0.25) is 0 Å². The first-order valence-corrected chi connectivity index (χ1v) is 22.8. The number of amides is 1. The molecular weight excluding hydrogens is 738 g/mol. The minimum atomic E-state index is -1.78. The van der Waals surface area contributed by atoms with Crippen LogP contribution >= 0.6 is 0 Å². The van der Waals surface area contributed by atoms with Gasteiger partial charge in [-0.3, -0.25) is 4.79 Å². The van der Waals surface area contributed by atoms with Crippen LogP contribution in [-0.4, -0.2) is 140 Å². The zero-order valence-corrected chi connectivity index (χ0v) is 35.3. The summed E-state index contributed by atoms with van der Waals surface area (Å²) in [4.78, 5) is 13.1. The van der Waals surface area contributed by atoms with Crippen molar-refractivity contribution in [1.82, 2.24) is 5.32 Å². The molecule has 12 atom stereocenters. The molecule has 0 radical (unpaired) electrons. The highest BCUT2D eigenvalue weighted by Gasteiger charge is 2.51. The Morgan fingerprint density at radius 2 is 1.00 bits per heavy atom. The summed E-state index contributed by atoms with van der Waals surface area (Å²) in [6, 6.07) is -0.818. The van der Waals surface area contributed by atoms with Gasteiger partial charge in [0.2, 0.25) is 5.91 Å². The fourth-order valence-corrected chi connectivity index (χ4v) is 7.76. The molecule has 0 spiro atoms. The van der Waals surface area contributed by atoms with Crippen molar-refractivity contribution < 1.29 is 64.6 Å². The summed E-state index contributed by atoms with van der Waals surface area (Å²) in [6.45, 7) is 2.81. The van der Waals surface area contributed by atoms with E-state index >= 15 is 0 Å². The van der Waals surface area contributed by atoms with Crippen molar-refractivity contribution in [1.29, 1.82) is 0 Å². The lowest BCUT2D eigenvalue weighted by molar-refractivity contribution is -0.359. The zero-order chi connectivity index (χ0) is 41.8. The first-order chi connectivity index (χ1) is 27.6. The third-order valence-corrected chi connectivity index (χ3v) is 11.6. The molecule has 0 aromatic heterocycles. The summed E-state index contributed by atoms with van der Waals surface area (Å²) < 4.78 is 22.6. The van der Waals surface area contributed by atoms with Crippen LogP contribution in [0.4, 0.5) is 0 Å². The molecule has 2 aliphatic heterocycles. The molecule has 57 heavy (non-hydrogen) atoms. The van der Waals surface area contributed by atoms with Gasteiger partial charge in [-0.1, -0.05) is 155 Å². The molecule has 0 saturated carbocycles. The lowest BCUT2D eigenvalue weighted by atomic mass is 9.97. The van der Waals surface area contributed by atoms with E-state index in [2.05, 4.69) is 19.2 Å². The molecule has 0 bridgehead atoms. The van der Waals surface area contributed by atoms with Crippen LogP contribution in [0.5, 0.6) is 0 Å². The topological polar surface area (TPSA) is 228 Å². The SMILES string of the molecule is CCCCCCCCCCCCCCCCC(=O)N[C@@H](CO[C@@H]1O[C@H](CO)[C@@H](O[C@@H]2O[C@H](CO)[C@H](O)C(O)C2O)C(O)C1O)[C@H](O)CCCCCCCCCCC. The Hall–Kier alpha value is -1.01. The number of carbonyl (C=O) groups excluding carboxylic acids is 1. The maximum absolute atomic E-state index is 13.1. The lowest BCUT2D eigenvalue weighted by Crippen LogP contribution is -2.65. The van der Waals surface area contributed by atoms with Crippen molar-refractivity contribution in [2.24, 2.45) is 0 Å². The molecule has 0 aromatic carbocycles. The number of hydrogen-bond acceptors (Lipinski definition) is 13. The highest BCUT2D eigenvalue weighted by atomic mass is 16.7. The third-order valence-electron chi connectivity index (χ3n) is 11.6. The van der Waals surface area contributed by atoms with E-state index in [1.54, 1.807) is 0 Å². The average Bonchev–Trinajstić information content (AvgIpc) is 3.21. The maximum Gasteiger partial charge on any atom is 0.220 e. The summed E-state index contributed by atoms with van der Waals surface area (Å²) in [6.07, 6.45) is 11.2. The first-order valence-electron chi connectivity index (χ1n) is 22.8. The number of rotatable bonds is 34. The highest BCUT2D eigenvalue weighted by molar-refractivity contribution is 5.76. The van der Waals surface area contributed by atoms with Crippen LogP contribution in [0.1, 0.15) is 174 Å². The molecule has 2 saturated heterocycles. The number of aliphatic hydroxyl groups excluding tert-OH is 8. The molecule has 4 unspecified atom stereocenters. The van der Waals surface area contributed by atoms with Gasteiger partial charge in [-0.2, -0.15) is 0 Å². The van der Waals surface area contributed by atoms with Crippen molar-refractivity contribution in [3.05, 3.63) is 0 Å². The molecule has 1 amide bonds. The van der Waals surface area contributed by atoms with Gasteiger partial charge < -0.3 is 65.1 Å². The second kappa shape index (κ2) is 31.8. The molecule has 9 N–H and O–H groups in total. The average molecular weight is 822 g/mol. The molecular formula is C43H83NO13.